The van der Waals surface area contributed by atoms with E-state index < -0.39 is 0 Å². The Kier molecular flexibility index (Phi) is 8.02. The van der Waals surface area contributed by atoms with Crippen LogP contribution in [0.5, 0.6) is 0 Å². The lowest BCUT2D eigenvalue weighted by Crippen LogP contribution is -2.36. The lowest BCUT2D eigenvalue weighted by atomic mass is 10.1. The number of methoxy groups -OCH3 is 1. The maximum atomic E-state index is 12.1. The van der Waals surface area contributed by atoms with Crippen LogP contribution in [0.1, 0.15) is 32.6 Å². The van der Waals surface area contributed by atoms with E-state index in [0.717, 1.165) is 58.6 Å². The average molecular weight is 271 g/mol. The summed E-state index contributed by atoms with van der Waals surface area (Å²) in [7, 11) is 1.73. The van der Waals surface area contributed by atoms with Crippen molar-refractivity contribution in [2.75, 3.05) is 46.4 Å². The Morgan fingerprint density at radius 1 is 1.32 bits per heavy atom. The molecular formula is C14H29N3O2. The van der Waals surface area contributed by atoms with Gasteiger partial charge in [0, 0.05) is 45.8 Å². The second-order valence-corrected chi connectivity index (χ2v) is 5.44. The zero-order valence-electron chi connectivity index (χ0n) is 12.4. The van der Waals surface area contributed by atoms with Gasteiger partial charge in [0.25, 0.3) is 0 Å². The van der Waals surface area contributed by atoms with E-state index >= 15 is 0 Å². The molecule has 1 rings (SSSR count). The molecule has 1 aliphatic rings. The van der Waals surface area contributed by atoms with Crippen molar-refractivity contribution in [2.24, 2.45) is 5.73 Å². The summed E-state index contributed by atoms with van der Waals surface area (Å²) in [5, 5.41) is 0. The largest absolute Gasteiger partial charge is 0.383 e. The zero-order chi connectivity index (χ0) is 14.1. The summed E-state index contributed by atoms with van der Waals surface area (Å²) in [6.45, 7) is 7.48. The van der Waals surface area contributed by atoms with E-state index in [-0.39, 0.29) is 11.9 Å². The highest BCUT2D eigenvalue weighted by Gasteiger charge is 2.18. The van der Waals surface area contributed by atoms with Crippen molar-refractivity contribution in [2.45, 2.75) is 38.6 Å². The van der Waals surface area contributed by atoms with Gasteiger partial charge in [0.1, 0.15) is 0 Å². The summed E-state index contributed by atoms with van der Waals surface area (Å²) in [6, 6.07) is 0.196. The molecule has 0 aromatic carbocycles. The standard InChI is InChI=1S/C14H29N3O2/c1-13(15)5-3-6-14(18)17-8-4-7-16(9-10-17)11-12-19-2/h13H,3-12,15H2,1-2H3. The molecule has 19 heavy (non-hydrogen) atoms. The van der Waals surface area contributed by atoms with Crippen LogP contribution >= 0.6 is 0 Å². The Labute approximate surface area is 117 Å². The van der Waals surface area contributed by atoms with Crippen molar-refractivity contribution < 1.29 is 9.53 Å². The zero-order valence-corrected chi connectivity index (χ0v) is 12.4. The maximum Gasteiger partial charge on any atom is 0.222 e. The molecule has 5 nitrogen and oxygen atoms in total. The van der Waals surface area contributed by atoms with Gasteiger partial charge in [0.2, 0.25) is 5.91 Å². The minimum atomic E-state index is 0.196. The van der Waals surface area contributed by atoms with Crippen LogP contribution < -0.4 is 5.73 Å². The molecule has 1 heterocycles. The smallest absolute Gasteiger partial charge is 0.222 e. The molecule has 112 valence electrons. The summed E-state index contributed by atoms with van der Waals surface area (Å²) in [4.78, 5) is 16.5. The number of nitrogens with zero attached hydrogens (tertiary/aromatic N) is 2. The predicted molar refractivity (Wildman–Crippen MR) is 77.0 cm³/mol. The topological polar surface area (TPSA) is 58.8 Å². The van der Waals surface area contributed by atoms with Crippen molar-refractivity contribution in [1.82, 2.24) is 9.80 Å². The van der Waals surface area contributed by atoms with Crippen LogP contribution in [0, 0.1) is 0 Å². The Bertz CT molecular complexity index is 259. The third kappa shape index (κ3) is 6.89. The van der Waals surface area contributed by atoms with Crippen molar-refractivity contribution in [3.05, 3.63) is 0 Å². The summed E-state index contributed by atoms with van der Waals surface area (Å²) in [5.74, 6) is 0.286. The third-order valence-electron chi connectivity index (χ3n) is 3.60. The average Bonchev–Trinajstić information content (AvgIpc) is 2.61. The van der Waals surface area contributed by atoms with Crippen molar-refractivity contribution in [3.8, 4) is 0 Å². The molecule has 1 fully saturated rings. The van der Waals surface area contributed by atoms with Crippen LogP contribution in [0.4, 0.5) is 0 Å². The van der Waals surface area contributed by atoms with E-state index in [9.17, 15) is 4.79 Å². The van der Waals surface area contributed by atoms with E-state index in [0.29, 0.717) is 6.42 Å². The first kappa shape index (κ1) is 16.4. The SMILES string of the molecule is COCCN1CCCN(C(=O)CCCC(C)N)CC1. The van der Waals surface area contributed by atoms with Crippen LogP contribution in [0.3, 0.4) is 0 Å². The lowest BCUT2D eigenvalue weighted by Gasteiger charge is -2.22. The number of carbonyl (C=O) groups excluding carboxylic acids is 1. The van der Waals surface area contributed by atoms with Crippen molar-refractivity contribution in [1.29, 1.82) is 0 Å². The Morgan fingerprint density at radius 2 is 2.11 bits per heavy atom. The molecule has 1 atom stereocenters. The van der Waals surface area contributed by atoms with E-state index in [1.54, 1.807) is 7.11 Å². The lowest BCUT2D eigenvalue weighted by molar-refractivity contribution is -0.131. The maximum absolute atomic E-state index is 12.1. The molecule has 0 spiro atoms. The molecule has 1 aliphatic heterocycles. The molecule has 0 aliphatic carbocycles. The molecule has 1 unspecified atom stereocenters. The van der Waals surface area contributed by atoms with Gasteiger partial charge in [-0.1, -0.05) is 0 Å². The number of ether oxygens (including phenoxy) is 1. The molecule has 2 N–H and O–H groups in total. The summed E-state index contributed by atoms with van der Waals surface area (Å²) in [5.41, 5.74) is 5.70. The van der Waals surface area contributed by atoms with Gasteiger partial charge in [-0.3, -0.25) is 9.69 Å². The van der Waals surface area contributed by atoms with E-state index in [1.807, 2.05) is 11.8 Å². The fourth-order valence-electron chi connectivity index (χ4n) is 2.40. The summed E-state index contributed by atoms with van der Waals surface area (Å²) < 4.78 is 5.10. The summed E-state index contributed by atoms with van der Waals surface area (Å²) in [6.07, 6.45) is 3.53. The monoisotopic (exact) mass is 271 g/mol. The van der Waals surface area contributed by atoms with Gasteiger partial charge in [0.05, 0.1) is 6.61 Å². The number of carbonyl (C=O) groups is 1. The Hall–Kier alpha value is -0.650. The molecule has 5 heteroatoms. The molecule has 0 bridgehead atoms. The second kappa shape index (κ2) is 9.28. The number of hydrogen-bond donors (Lipinski definition) is 1. The second-order valence-electron chi connectivity index (χ2n) is 5.44. The van der Waals surface area contributed by atoms with Crippen LogP contribution in [0.25, 0.3) is 0 Å². The van der Waals surface area contributed by atoms with Gasteiger partial charge in [-0.25, -0.2) is 0 Å². The number of amides is 1. The highest BCUT2D eigenvalue weighted by Crippen LogP contribution is 2.07. The fourth-order valence-corrected chi connectivity index (χ4v) is 2.40. The van der Waals surface area contributed by atoms with Crippen LogP contribution in [-0.4, -0.2) is 68.2 Å². The quantitative estimate of drug-likeness (QED) is 0.740. The molecule has 1 amide bonds. The molecule has 0 aromatic heterocycles. The highest BCUT2D eigenvalue weighted by atomic mass is 16.5. The van der Waals surface area contributed by atoms with Crippen LogP contribution in [0.2, 0.25) is 0 Å². The van der Waals surface area contributed by atoms with E-state index in [2.05, 4.69) is 4.90 Å². The number of rotatable bonds is 7. The first-order chi connectivity index (χ1) is 9.13. The van der Waals surface area contributed by atoms with Crippen LogP contribution in [0.15, 0.2) is 0 Å². The minimum Gasteiger partial charge on any atom is -0.383 e. The fraction of sp³-hybridized carbons (Fsp3) is 0.929. The normalized spacial score (nSPS) is 19.2. The van der Waals surface area contributed by atoms with Crippen molar-refractivity contribution in [3.63, 3.8) is 0 Å². The number of nitrogens with two attached hydrogens (primary N) is 1. The Morgan fingerprint density at radius 3 is 2.79 bits per heavy atom. The van der Waals surface area contributed by atoms with Crippen LogP contribution in [-0.2, 0) is 9.53 Å². The van der Waals surface area contributed by atoms with Gasteiger partial charge in [-0.2, -0.15) is 0 Å². The Balaban J connectivity index is 2.25. The summed E-state index contributed by atoms with van der Waals surface area (Å²) >= 11 is 0. The van der Waals surface area contributed by atoms with Gasteiger partial charge < -0.3 is 15.4 Å². The van der Waals surface area contributed by atoms with E-state index in [1.165, 1.54) is 0 Å². The molecule has 0 aromatic rings. The van der Waals surface area contributed by atoms with Gasteiger partial charge in [-0.15, -0.1) is 0 Å². The first-order valence-electron chi connectivity index (χ1n) is 7.38. The predicted octanol–water partition coefficient (Wildman–Crippen LogP) is 0.685. The van der Waals surface area contributed by atoms with Gasteiger partial charge >= 0.3 is 0 Å². The molecular weight excluding hydrogens is 242 g/mol. The van der Waals surface area contributed by atoms with Gasteiger partial charge in [-0.05, 0) is 32.7 Å². The molecule has 0 saturated carbocycles. The van der Waals surface area contributed by atoms with Gasteiger partial charge in [0.15, 0.2) is 0 Å². The molecule has 0 radical (unpaired) electrons. The molecule has 1 saturated heterocycles. The van der Waals surface area contributed by atoms with Crippen molar-refractivity contribution >= 4 is 5.91 Å². The highest BCUT2D eigenvalue weighted by molar-refractivity contribution is 5.76. The number of hydrogen-bond acceptors (Lipinski definition) is 4. The first-order valence-corrected chi connectivity index (χ1v) is 7.38. The minimum absolute atomic E-state index is 0.196. The van der Waals surface area contributed by atoms with E-state index in [4.69, 9.17) is 10.5 Å². The third-order valence-corrected chi connectivity index (χ3v) is 3.60.